The molecule has 0 bridgehead atoms. The van der Waals surface area contributed by atoms with Crippen molar-refractivity contribution in [3.8, 4) is 11.5 Å². The summed E-state index contributed by atoms with van der Waals surface area (Å²) in [5.74, 6) is 2.54. The van der Waals surface area contributed by atoms with Gasteiger partial charge in [-0.05, 0) is 60.7 Å². The fraction of sp³-hybridized carbons (Fsp3) is 0.400. The molecule has 41 heavy (non-hydrogen) atoms. The second-order valence-corrected chi connectivity index (χ2v) is 8.94. The number of hydrogen-bond donors (Lipinski definition) is 2. The standard InChI is InChI=1S/C30H38N4O7/c31-29-7-1-23-21-25(3-5-27(23)33-29)40-19-17-38-15-13-36-11-9-35-10-12-37-14-16-39-18-20-41-26-4-6-28-24(22-26)2-8-30(32)34-28/h1-8,21-22H,9-20H2,(H2,31,33)(H2,32,34). The zero-order valence-corrected chi connectivity index (χ0v) is 23.2. The minimum atomic E-state index is 0.454. The Bertz CT molecular complexity index is 1240. The molecule has 0 saturated heterocycles. The van der Waals surface area contributed by atoms with Crippen molar-refractivity contribution in [1.29, 1.82) is 0 Å². The largest absolute Gasteiger partial charge is 0.491 e. The Kier molecular flexibility index (Phi) is 12.6. The zero-order valence-electron chi connectivity index (χ0n) is 23.2. The first-order chi connectivity index (χ1) is 20.2. The average Bonchev–Trinajstić information content (AvgIpc) is 2.98. The highest BCUT2D eigenvalue weighted by atomic mass is 16.6. The maximum absolute atomic E-state index is 5.73. The van der Waals surface area contributed by atoms with E-state index in [2.05, 4.69) is 9.97 Å². The number of nitrogen functional groups attached to an aromatic ring is 2. The van der Waals surface area contributed by atoms with Gasteiger partial charge >= 0.3 is 0 Å². The Morgan fingerprint density at radius 3 is 1.12 bits per heavy atom. The van der Waals surface area contributed by atoms with Crippen molar-refractivity contribution in [2.45, 2.75) is 0 Å². The number of rotatable bonds is 20. The fourth-order valence-corrected chi connectivity index (χ4v) is 3.84. The number of pyridine rings is 2. The third kappa shape index (κ3) is 11.0. The lowest BCUT2D eigenvalue weighted by Crippen LogP contribution is -2.15. The van der Waals surface area contributed by atoms with Crippen molar-refractivity contribution in [1.82, 2.24) is 9.97 Å². The summed E-state index contributed by atoms with van der Waals surface area (Å²) in [5, 5.41) is 1.96. The lowest BCUT2D eigenvalue weighted by Gasteiger charge is -2.09. The summed E-state index contributed by atoms with van der Waals surface area (Å²) in [6.07, 6.45) is 0. The van der Waals surface area contributed by atoms with Gasteiger partial charge in [-0.15, -0.1) is 0 Å². The zero-order chi connectivity index (χ0) is 28.5. The van der Waals surface area contributed by atoms with Crippen LogP contribution < -0.4 is 20.9 Å². The topological polar surface area (TPSA) is 142 Å². The van der Waals surface area contributed by atoms with Crippen molar-refractivity contribution in [3.63, 3.8) is 0 Å². The van der Waals surface area contributed by atoms with Crippen LogP contribution in [0.1, 0.15) is 0 Å². The molecule has 0 aliphatic carbocycles. The van der Waals surface area contributed by atoms with Crippen LogP contribution in [0.5, 0.6) is 11.5 Å². The molecule has 0 aliphatic heterocycles. The third-order valence-corrected chi connectivity index (χ3v) is 5.85. The Morgan fingerprint density at radius 1 is 0.415 bits per heavy atom. The van der Waals surface area contributed by atoms with Crippen LogP contribution in [0.15, 0.2) is 60.7 Å². The average molecular weight is 567 g/mol. The summed E-state index contributed by atoms with van der Waals surface area (Å²) in [6.45, 7) is 5.85. The molecule has 0 atom stereocenters. The van der Waals surface area contributed by atoms with Crippen LogP contribution in [-0.4, -0.2) is 89.3 Å². The normalized spacial score (nSPS) is 11.3. The molecule has 0 spiro atoms. The first-order valence-electron chi connectivity index (χ1n) is 13.6. The van der Waals surface area contributed by atoms with Gasteiger partial charge in [-0.2, -0.15) is 0 Å². The number of hydrogen-bond acceptors (Lipinski definition) is 11. The molecule has 2 heterocycles. The molecule has 0 fully saturated rings. The molecule has 0 unspecified atom stereocenters. The summed E-state index contributed by atoms with van der Waals surface area (Å²) in [7, 11) is 0. The van der Waals surface area contributed by atoms with E-state index in [4.69, 9.17) is 44.6 Å². The second kappa shape index (κ2) is 17.2. The van der Waals surface area contributed by atoms with Crippen molar-refractivity contribution in [2.24, 2.45) is 0 Å². The molecule has 11 heteroatoms. The van der Waals surface area contributed by atoms with Gasteiger partial charge < -0.3 is 44.6 Å². The Hall–Kier alpha value is -3.74. The van der Waals surface area contributed by atoms with Crippen LogP contribution in [0, 0.1) is 0 Å². The van der Waals surface area contributed by atoms with E-state index in [1.807, 2.05) is 48.5 Å². The van der Waals surface area contributed by atoms with Crippen LogP contribution in [0.3, 0.4) is 0 Å². The maximum Gasteiger partial charge on any atom is 0.124 e. The quantitative estimate of drug-likeness (QED) is 0.152. The van der Waals surface area contributed by atoms with Crippen LogP contribution in [0.4, 0.5) is 11.6 Å². The van der Waals surface area contributed by atoms with Gasteiger partial charge in [-0.1, -0.05) is 0 Å². The summed E-state index contributed by atoms with van der Waals surface area (Å²) in [5.41, 5.74) is 13.1. The van der Waals surface area contributed by atoms with Crippen molar-refractivity contribution >= 4 is 33.4 Å². The minimum Gasteiger partial charge on any atom is -0.491 e. The minimum absolute atomic E-state index is 0.454. The van der Waals surface area contributed by atoms with Gasteiger partial charge in [0.05, 0.1) is 77.1 Å². The van der Waals surface area contributed by atoms with Gasteiger partial charge in [-0.25, -0.2) is 9.97 Å². The molecule has 0 saturated carbocycles. The highest BCUT2D eigenvalue weighted by molar-refractivity contribution is 5.82. The molecule has 4 N–H and O–H groups in total. The monoisotopic (exact) mass is 566 g/mol. The van der Waals surface area contributed by atoms with Gasteiger partial charge in [0.15, 0.2) is 0 Å². The van der Waals surface area contributed by atoms with Crippen LogP contribution >= 0.6 is 0 Å². The highest BCUT2D eigenvalue weighted by Crippen LogP contribution is 2.21. The van der Waals surface area contributed by atoms with E-state index in [1.165, 1.54) is 0 Å². The lowest BCUT2D eigenvalue weighted by atomic mass is 10.2. The first-order valence-corrected chi connectivity index (χ1v) is 13.6. The number of benzene rings is 2. The van der Waals surface area contributed by atoms with Crippen molar-refractivity contribution in [2.75, 3.05) is 90.7 Å². The number of fused-ring (bicyclic) bond motifs is 2. The number of nitrogens with zero attached hydrogens (tertiary/aromatic N) is 2. The van der Waals surface area contributed by atoms with Crippen LogP contribution in [0.2, 0.25) is 0 Å². The maximum atomic E-state index is 5.73. The van der Waals surface area contributed by atoms with Gasteiger partial charge in [0, 0.05) is 10.8 Å². The molecule has 11 nitrogen and oxygen atoms in total. The molecule has 0 amide bonds. The summed E-state index contributed by atoms with van der Waals surface area (Å²) >= 11 is 0. The number of anilines is 2. The SMILES string of the molecule is Nc1ccc2cc(OCCOCCOCCOCCOCCOCCOc3ccc4nc(N)ccc4c3)ccc2n1. The lowest BCUT2D eigenvalue weighted by molar-refractivity contribution is -0.0141. The number of nitrogens with two attached hydrogens (primary N) is 2. The van der Waals surface area contributed by atoms with E-state index in [9.17, 15) is 0 Å². The van der Waals surface area contributed by atoms with Crippen LogP contribution in [0.25, 0.3) is 21.8 Å². The summed E-state index contributed by atoms with van der Waals surface area (Å²) in [4.78, 5) is 8.55. The molecule has 2 aromatic heterocycles. The van der Waals surface area contributed by atoms with Gasteiger partial charge in [0.2, 0.25) is 0 Å². The Morgan fingerprint density at radius 2 is 0.756 bits per heavy atom. The Balaban J connectivity index is 0.880. The highest BCUT2D eigenvalue weighted by Gasteiger charge is 2.01. The predicted octanol–water partition coefficient (Wildman–Crippen LogP) is 3.49. The molecule has 0 radical (unpaired) electrons. The molecule has 2 aromatic carbocycles. The Labute approximate surface area is 239 Å². The van der Waals surface area contributed by atoms with E-state index in [-0.39, 0.29) is 0 Å². The molecule has 220 valence electrons. The predicted molar refractivity (Wildman–Crippen MR) is 157 cm³/mol. The number of aromatic nitrogens is 2. The van der Waals surface area contributed by atoms with Crippen molar-refractivity contribution in [3.05, 3.63) is 60.7 Å². The van der Waals surface area contributed by atoms with E-state index < -0.39 is 0 Å². The molecule has 4 rings (SSSR count). The van der Waals surface area contributed by atoms with Crippen LogP contribution in [-0.2, 0) is 23.7 Å². The second-order valence-electron chi connectivity index (χ2n) is 8.94. The van der Waals surface area contributed by atoms with Crippen molar-refractivity contribution < 1.29 is 33.2 Å². The summed E-state index contributed by atoms with van der Waals surface area (Å²) in [6, 6.07) is 18.8. The first kappa shape index (κ1) is 30.2. The van der Waals surface area contributed by atoms with Gasteiger partial charge in [-0.3, -0.25) is 0 Å². The molecule has 0 aliphatic rings. The number of ether oxygens (including phenoxy) is 7. The van der Waals surface area contributed by atoms with Gasteiger partial charge in [0.25, 0.3) is 0 Å². The molecule has 4 aromatic rings. The third-order valence-electron chi connectivity index (χ3n) is 5.85. The van der Waals surface area contributed by atoms with Gasteiger partial charge in [0.1, 0.15) is 36.3 Å². The van der Waals surface area contributed by atoms with E-state index in [0.717, 1.165) is 33.3 Å². The fourth-order valence-electron chi connectivity index (χ4n) is 3.84. The summed E-state index contributed by atoms with van der Waals surface area (Å²) < 4.78 is 39.1. The molecular weight excluding hydrogens is 528 g/mol. The smallest absolute Gasteiger partial charge is 0.124 e. The van der Waals surface area contributed by atoms with E-state index >= 15 is 0 Å². The van der Waals surface area contributed by atoms with E-state index in [1.54, 1.807) is 12.1 Å². The van der Waals surface area contributed by atoms with E-state index in [0.29, 0.717) is 90.9 Å². The molecular formula is C30H38N4O7.